The van der Waals surface area contributed by atoms with E-state index in [1.54, 1.807) is 12.1 Å². The van der Waals surface area contributed by atoms with Crippen molar-refractivity contribution in [2.24, 2.45) is 0 Å². The monoisotopic (exact) mass is 732 g/mol. The molecule has 0 saturated carbocycles. The molecule has 0 spiro atoms. The maximum Gasteiger partial charge on any atom is 0.142 e. The van der Waals surface area contributed by atoms with Crippen molar-refractivity contribution in [1.82, 2.24) is 10.2 Å². The average Bonchev–Trinajstić information content (AvgIpc) is 3.57. The smallest absolute Gasteiger partial charge is 0.142 e. The van der Waals surface area contributed by atoms with E-state index in [0.717, 1.165) is 71.6 Å². The largest absolute Gasteiger partial charge is 0.493 e. The predicted molar refractivity (Wildman–Crippen MR) is 205 cm³/mol. The summed E-state index contributed by atoms with van der Waals surface area (Å²) in [6.45, 7) is 10.9. The number of nitrogens with one attached hydrogen (secondary N) is 1. The third-order valence-electron chi connectivity index (χ3n) is 10.2. The molecule has 0 radical (unpaired) electrons. The molecule has 1 heterocycles. The number of rotatable bonds is 18. The van der Waals surface area contributed by atoms with Gasteiger partial charge in [-0.15, -0.1) is 0 Å². The van der Waals surface area contributed by atoms with E-state index in [9.17, 15) is 20.4 Å². The van der Waals surface area contributed by atoms with Crippen LogP contribution in [0.5, 0.6) is 17.2 Å². The zero-order chi connectivity index (χ0) is 37.3. The lowest BCUT2D eigenvalue weighted by molar-refractivity contribution is 0.0412. The topological polar surface area (TPSA) is 124 Å². The summed E-state index contributed by atoms with van der Waals surface area (Å²) in [5.41, 5.74) is 8.17. The van der Waals surface area contributed by atoms with Gasteiger partial charge in [0.1, 0.15) is 30.5 Å². The number of likely N-dealkylation sites (tertiary alicyclic amines) is 1. The Balaban J connectivity index is 1.32. The first-order valence-corrected chi connectivity index (χ1v) is 18.4. The first-order chi connectivity index (χ1) is 25.1. The lowest BCUT2D eigenvalue weighted by Gasteiger charge is -2.29. The molecular formula is C42H53ClN2O7. The van der Waals surface area contributed by atoms with Crippen LogP contribution in [0.4, 0.5) is 0 Å². The van der Waals surface area contributed by atoms with Gasteiger partial charge in [0.15, 0.2) is 0 Å². The Kier molecular flexibility index (Phi) is 14.0. The fourth-order valence-corrected chi connectivity index (χ4v) is 6.69. The Morgan fingerprint density at radius 1 is 0.769 bits per heavy atom. The van der Waals surface area contributed by atoms with Crippen molar-refractivity contribution in [3.05, 3.63) is 111 Å². The van der Waals surface area contributed by atoms with Crippen LogP contribution >= 0.6 is 11.6 Å². The third-order valence-corrected chi connectivity index (χ3v) is 10.5. The number of aliphatic hydroxyl groups excluding tert-OH is 4. The molecule has 9 nitrogen and oxygen atoms in total. The summed E-state index contributed by atoms with van der Waals surface area (Å²) in [6, 6.07) is 22.1. The number of β-amino-alcohol motifs (C(OH)–C–C–N with tert-alkyl or cyclic N) is 1. The van der Waals surface area contributed by atoms with Gasteiger partial charge in [0.05, 0.1) is 43.1 Å². The van der Waals surface area contributed by atoms with E-state index in [0.29, 0.717) is 35.3 Å². The van der Waals surface area contributed by atoms with Crippen LogP contribution in [-0.4, -0.2) is 83.0 Å². The van der Waals surface area contributed by atoms with Gasteiger partial charge in [0.2, 0.25) is 0 Å². The summed E-state index contributed by atoms with van der Waals surface area (Å²) in [6.07, 6.45) is 1.53. The maximum absolute atomic E-state index is 9.86. The summed E-state index contributed by atoms with van der Waals surface area (Å²) in [5.74, 6) is 1.85. The maximum atomic E-state index is 9.86. The summed E-state index contributed by atoms with van der Waals surface area (Å²) >= 11 is 6.79. The van der Waals surface area contributed by atoms with Gasteiger partial charge in [-0.1, -0.05) is 60.1 Å². The van der Waals surface area contributed by atoms with Crippen molar-refractivity contribution in [1.29, 1.82) is 0 Å². The van der Waals surface area contributed by atoms with Crippen molar-refractivity contribution in [3.8, 4) is 28.4 Å². The molecule has 1 aliphatic heterocycles. The van der Waals surface area contributed by atoms with Crippen molar-refractivity contribution in [3.63, 3.8) is 0 Å². The molecule has 10 heteroatoms. The molecule has 5 N–H and O–H groups in total. The molecule has 1 saturated heterocycles. The molecule has 1 aliphatic rings. The van der Waals surface area contributed by atoms with Gasteiger partial charge in [-0.25, -0.2) is 0 Å². The zero-order valence-corrected chi connectivity index (χ0v) is 31.5. The van der Waals surface area contributed by atoms with E-state index in [2.05, 4.69) is 62.2 Å². The van der Waals surface area contributed by atoms with Crippen LogP contribution in [0.25, 0.3) is 11.1 Å². The molecule has 5 rings (SSSR count). The summed E-state index contributed by atoms with van der Waals surface area (Å²) in [7, 11) is 0. The Morgan fingerprint density at radius 2 is 1.48 bits per heavy atom. The highest BCUT2D eigenvalue weighted by molar-refractivity contribution is 6.32. The van der Waals surface area contributed by atoms with E-state index in [4.69, 9.17) is 25.8 Å². The number of halogens is 1. The van der Waals surface area contributed by atoms with Crippen molar-refractivity contribution < 1.29 is 34.6 Å². The fraction of sp³-hybridized carbons (Fsp3) is 0.429. The van der Waals surface area contributed by atoms with Crippen LogP contribution in [0.15, 0.2) is 66.7 Å². The van der Waals surface area contributed by atoms with E-state index in [1.165, 1.54) is 11.1 Å². The van der Waals surface area contributed by atoms with Gasteiger partial charge in [0, 0.05) is 37.8 Å². The Hall–Kier alpha value is -3.67. The minimum absolute atomic E-state index is 0.176. The zero-order valence-electron chi connectivity index (χ0n) is 30.8. The van der Waals surface area contributed by atoms with Crippen LogP contribution in [0.1, 0.15) is 51.8 Å². The number of benzene rings is 4. The number of hydrogen-bond acceptors (Lipinski definition) is 9. The quantitative estimate of drug-likeness (QED) is 0.0780. The second-order valence-electron chi connectivity index (χ2n) is 14.0. The Morgan fingerprint density at radius 3 is 2.17 bits per heavy atom. The molecule has 52 heavy (non-hydrogen) atoms. The van der Waals surface area contributed by atoms with Gasteiger partial charge in [-0.2, -0.15) is 0 Å². The SMILES string of the molecule is Cc1ccc(COc2cc(OCc3cccc(-c4cccc(OCCCN5CCC(O)C5)c4C)c3C)c(Cl)cc2CNC(CO)(CO)CO)cc1C. The normalized spacial score (nSPS) is 14.9. The summed E-state index contributed by atoms with van der Waals surface area (Å²) in [5, 5.41) is 42.8. The number of ether oxygens (including phenoxy) is 3. The highest BCUT2D eigenvalue weighted by Crippen LogP contribution is 2.36. The Labute approximate surface area is 312 Å². The second kappa shape index (κ2) is 18.4. The summed E-state index contributed by atoms with van der Waals surface area (Å²) < 4.78 is 18.9. The lowest BCUT2D eigenvalue weighted by atomic mass is 9.93. The number of nitrogens with zero attached hydrogens (tertiary/aromatic N) is 1. The predicted octanol–water partition coefficient (Wildman–Crippen LogP) is 6.04. The molecular weight excluding hydrogens is 680 g/mol. The lowest BCUT2D eigenvalue weighted by Crippen LogP contribution is -2.54. The second-order valence-corrected chi connectivity index (χ2v) is 14.4. The van der Waals surface area contributed by atoms with E-state index in [1.807, 2.05) is 30.3 Å². The van der Waals surface area contributed by atoms with Crippen LogP contribution in [-0.2, 0) is 19.8 Å². The molecule has 1 unspecified atom stereocenters. The van der Waals surface area contributed by atoms with Gasteiger partial charge in [-0.05, 0) is 97.2 Å². The number of aliphatic hydroxyl groups is 4. The number of hydrogen-bond donors (Lipinski definition) is 5. The molecule has 280 valence electrons. The van der Waals surface area contributed by atoms with Crippen molar-refractivity contribution in [2.45, 2.75) is 71.9 Å². The van der Waals surface area contributed by atoms with Crippen LogP contribution in [0, 0.1) is 27.7 Å². The third kappa shape index (κ3) is 9.85. The Bertz CT molecular complexity index is 1790. The van der Waals surface area contributed by atoms with Gasteiger partial charge >= 0.3 is 0 Å². The van der Waals surface area contributed by atoms with Crippen molar-refractivity contribution in [2.75, 3.05) is 46.1 Å². The van der Waals surface area contributed by atoms with E-state index in [-0.39, 0.29) is 19.3 Å². The molecule has 0 bridgehead atoms. The first kappa shape index (κ1) is 39.5. The van der Waals surface area contributed by atoms with Gasteiger partial charge in [0.25, 0.3) is 0 Å². The highest BCUT2D eigenvalue weighted by atomic mass is 35.5. The molecule has 1 fully saturated rings. The minimum atomic E-state index is -1.27. The molecule has 1 atom stereocenters. The molecule has 0 aliphatic carbocycles. The van der Waals surface area contributed by atoms with E-state index < -0.39 is 25.4 Å². The van der Waals surface area contributed by atoms with Gasteiger partial charge < -0.3 is 44.9 Å². The standard InChI is InChI=1S/C42H53ClN2O7/c1-28-12-13-32(18-29(28)2)23-51-40-20-41(38(43)19-34(40)21-44-42(25-46,26-47)27-48)52-24-33-8-5-9-36(30(33)3)37-10-6-11-39(31(37)4)50-17-7-15-45-16-14-35(49)22-45/h5-6,8-13,18-20,35,44,46-49H,7,14-17,21-27H2,1-4H3. The molecule has 0 amide bonds. The van der Waals surface area contributed by atoms with Gasteiger partial charge in [-0.3, -0.25) is 0 Å². The highest BCUT2D eigenvalue weighted by Gasteiger charge is 2.28. The van der Waals surface area contributed by atoms with Crippen LogP contribution in [0.3, 0.4) is 0 Å². The number of aryl methyl sites for hydroxylation is 2. The molecule has 0 aromatic heterocycles. The average molecular weight is 733 g/mol. The first-order valence-electron chi connectivity index (χ1n) is 18.0. The minimum Gasteiger partial charge on any atom is -0.493 e. The van der Waals surface area contributed by atoms with Crippen molar-refractivity contribution >= 4 is 11.6 Å². The van der Waals surface area contributed by atoms with Crippen LogP contribution < -0.4 is 19.5 Å². The molecule has 4 aromatic carbocycles. The van der Waals surface area contributed by atoms with Crippen LogP contribution in [0.2, 0.25) is 5.02 Å². The van der Waals surface area contributed by atoms with E-state index >= 15 is 0 Å². The fourth-order valence-electron chi connectivity index (χ4n) is 6.45. The summed E-state index contributed by atoms with van der Waals surface area (Å²) in [4.78, 5) is 2.28. The molecule has 4 aromatic rings.